The van der Waals surface area contributed by atoms with E-state index in [9.17, 15) is 0 Å². The van der Waals surface area contributed by atoms with Crippen LogP contribution in [0, 0.1) is 5.92 Å². The molecule has 0 aromatic carbocycles. The monoisotopic (exact) mass is 114 g/mol. The predicted octanol–water partition coefficient (Wildman–Crippen LogP) is -0.00540. The van der Waals surface area contributed by atoms with Crippen LogP contribution < -0.4 is 5.73 Å². The van der Waals surface area contributed by atoms with Crippen LogP contribution in [-0.4, -0.2) is 17.8 Å². The first kappa shape index (κ1) is 5.79. The third-order valence-corrected chi connectivity index (χ3v) is 1.44. The average molecular weight is 114 g/mol. The van der Waals surface area contributed by atoms with Crippen molar-refractivity contribution in [2.75, 3.05) is 6.61 Å². The highest BCUT2D eigenvalue weighted by Gasteiger charge is 2.13. The quantitative estimate of drug-likeness (QED) is 0.471. The molecule has 0 saturated carbocycles. The van der Waals surface area contributed by atoms with Crippen LogP contribution in [-0.2, 0) is 0 Å². The molecule has 46 valence electrons. The fourth-order valence-corrected chi connectivity index (χ4v) is 0.942. The Balaban J connectivity index is 0.000000640. The van der Waals surface area contributed by atoms with Crippen LogP contribution in [0.5, 0.6) is 0 Å². The molecule has 0 radical (unpaired) electrons. The lowest BCUT2D eigenvalue weighted by molar-refractivity contribution is 0.249. The topological polar surface area (TPSA) is 46.2 Å². The number of hydrogen-bond donors (Lipinski definition) is 2. The molecule has 1 aliphatic rings. The van der Waals surface area contributed by atoms with Gasteiger partial charge in [-0.2, -0.15) is 0 Å². The number of rotatable bonds is 1. The van der Waals surface area contributed by atoms with Gasteiger partial charge in [-0.15, -0.1) is 0 Å². The summed E-state index contributed by atoms with van der Waals surface area (Å²) in [5.41, 5.74) is 5.50. The van der Waals surface area contributed by atoms with Crippen molar-refractivity contribution in [3.05, 3.63) is 12.2 Å². The Hall–Kier alpha value is -0.340. The van der Waals surface area contributed by atoms with E-state index in [-0.39, 0.29) is 14.1 Å². The van der Waals surface area contributed by atoms with Gasteiger partial charge in [0.15, 0.2) is 0 Å². The summed E-state index contributed by atoms with van der Waals surface area (Å²) in [6.07, 6.45) is 4.84. The van der Waals surface area contributed by atoms with Crippen LogP contribution in [0.15, 0.2) is 12.2 Å². The highest BCUT2D eigenvalue weighted by Crippen LogP contribution is 2.14. The van der Waals surface area contributed by atoms with Crippen LogP contribution in [0.1, 0.15) is 7.85 Å². The molecule has 0 heterocycles. The third kappa shape index (κ3) is 1.08. The van der Waals surface area contributed by atoms with Crippen molar-refractivity contribution in [2.45, 2.75) is 12.5 Å². The zero-order chi connectivity index (χ0) is 5.98. The Bertz CT molecular complexity index is 105. The molecule has 0 amide bonds. The molecule has 1 aliphatic carbocycles. The Kier molecular flexibility index (Phi) is 1.65. The first-order valence-electron chi connectivity index (χ1n) is 2.87. The van der Waals surface area contributed by atoms with Gasteiger partial charge in [0.05, 0.1) is 0 Å². The summed E-state index contributed by atoms with van der Waals surface area (Å²) >= 11 is 0. The molecule has 0 spiro atoms. The normalized spacial score (nSPS) is 36.2. The lowest BCUT2D eigenvalue weighted by Gasteiger charge is -2.02. The Morgan fingerprint density at radius 3 is 2.75 bits per heavy atom. The molecule has 2 heteroatoms. The first-order chi connectivity index (χ1) is 3.83. The van der Waals surface area contributed by atoms with Crippen molar-refractivity contribution in [3.8, 4) is 0 Å². The molecule has 0 fully saturated rings. The Morgan fingerprint density at radius 1 is 1.75 bits per heavy atom. The molecule has 0 bridgehead atoms. The van der Waals surface area contributed by atoms with Gasteiger partial charge in [0.1, 0.15) is 0 Å². The smallest absolute Gasteiger partial charge is 0.396 e. The third-order valence-electron chi connectivity index (χ3n) is 1.44. The minimum Gasteiger partial charge on any atom is -0.396 e. The molecular weight excluding hydrogens is 102 g/mol. The number of nitrogens with two attached hydrogens (primary N) is 1. The number of aliphatic hydroxyl groups is 1. The molecule has 0 unspecified atom stereocenters. The zero-order valence-corrected chi connectivity index (χ0v) is 4.75. The maximum atomic E-state index is 8.58. The van der Waals surface area contributed by atoms with Gasteiger partial charge in [-0.3, -0.25) is 0 Å². The van der Waals surface area contributed by atoms with Crippen molar-refractivity contribution in [1.29, 1.82) is 0 Å². The Morgan fingerprint density at radius 2 is 2.50 bits per heavy atom. The standard InChI is InChI=1S/C6H11NO/c7-6-2-1-5(3-6)4-8/h1-2,5-6,8H,3-4,7H2/p+1/t5-,6+/m1/s1. The highest BCUT2D eigenvalue weighted by atomic mass is 16.3. The fourth-order valence-electron chi connectivity index (χ4n) is 0.942. The lowest BCUT2D eigenvalue weighted by Crippen LogP contribution is -2.15. The SMILES string of the molecule is N[C@H]1C=C[C@@H](CO)C1.[H+]. The largest absolute Gasteiger partial charge is 1.00 e. The summed E-state index contributed by atoms with van der Waals surface area (Å²) < 4.78 is 0. The van der Waals surface area contributed by atoms with Crippen LogP contribution in [0.4, 0.5) is 0 Å². The zero-order valence-electron chi connectivity index (χ0n) is 5.75. The molecule has 0 aliphatic heterocycles. The molecule has 2 atom stereocenters. The fraction of sp³-hybridized carbons (Fsp3) is 0.667. The van der Waals surface area contributed by atoms with Gasteiger partial charge >= 0.3 is 1.43 Å². The van der Waals surface area contributed by atoms with Crippen LogP contribution >= 0.6 is 0 Å². The van der Waals surface area contributed by atoms with Crippen LogP contribution in [0.2, 0.25) is 0 Å². The molecular formula is C6H12NO+. The molecule has 0 aromatic heterocycles. The number of aliphatic hydroxyl groups excluding tert-OH is 1. The van der Waals surface area contributed by atoms with E-state index in [4.69, 9.17) is 10.8 Å². The van der Waals surface area contributed by atoms with Crippen molar-refractivity contribution in [2.24, 2.45) is 11.7 Å². The predicted molar refractivity (Wildman–Crippen MR) is 33.4 cm³/mol. The van der Waals surface area contributed by atoms with Gasteiger partial charge in [0.25, 0.3) is 0 Å². The second kappa shape index (κ2) is 2.29. The molecule has 8 heavy (non-hydrogen) atoms. The van der Waals surface area contributed by atoms with Crippen LogP contribution in [0.25, 0.3) is 0 Å². The molecule has 2 nitrogen and oxygen atoms in total. The maximum Gasteiger partial charge on any atom is 1.00 e. The maximum absolute atomic E-state index is 8.58. The average Bonchev–Trinajstić information content (AvgIpc) is 2.14. The minimum atomic E-state index is 0. The van der Waals surface area contributed by atoms with E-state index in [0.29, 0.717) is 5.92 Å². The first-order valence-corrected chi connectivity index (χ1v) is 2.87. The van der Waals surface area contributed by atoms with E-state index in [1.54, 1.807) is 0 Å². The van der Waals surface area contributed by atoms with Gasteiger partial charge in [-0.1, -0.05) is 12.2 Å². The summed E-state index contributed by atoms with van der Waals surface area (Å²) in [5, 5.41) is 8.58. The molecule has 0 aromatic rings. The summed E-state index contributed by atoms with van der Waals surface area (Å²) in [4.78, 5) is 0. The van der Waals surface area contributed by atoms with Crippen molar-refractivity contribution in [3.63, 3.8) is 0 Å². The molecule has 1 rings (SSSR count). The van der Waals surface area contributed by atoms with Crippen LogP contribution in [0.3, 0.4) is 0 Å². The van der Waals surface area contributed by atoms with Crippen molar-refractivity contribution < 1.29 is 6.53 Å². The Labute approximate surface area is 50.5 Å². The van der Waals surface area contributed by atoms with E-state index >= 15 is 0 Å². The van der Waals surface area contributed by atoms with E-state index in [2.05, 4.69) is 0 Å². The van der Waals surface area contributed by atoms with E-state index < -0.39 is 0 Å². The summed E-state index contributed by atoms with van der Waals surface area (Å²) in [6.45, 7) is 0.240. The molecule has 3 N–H and O–H groups in total. The lowest BCUT2D eigenvalue weighted by atomic mass is 10.1. The van der Waals surface area contributed by atoms with Gasteiger partial charge in [0, 0.05) is 18.6 Å². The van der Waals surface area contributed by atoms with E-state index in [1.165, 1.54) is 0 Å². The van der Waals surface area contributed by atoms with Gasteiger partial charge in [-0.05, 0) is 6.42 Å². The summed E-state index contributed by atoms with van der Waals surface area (Å²) in [7, 11) is 0. The van der Waals surface area contributed by atoms with Crippen molar-refractivity contribution in [1.82, 2.24) is 0 Å². The van der Waals surface area contributed by atoms with Gasteiger partial charge in [-0.25, -0.2) is 0 Å². The minimum absolute atomic E-state index is 0. The second-order valence-electron chi connectivity index (χ2n) is 2.23. The van der Waals surface area contributed by atoms with Gasteiger partial charge < -0.3 is 10.8 Å². The molecule has 0 saturated heterocycles. The van der Waals surface area contributed by atoms with E-state index in [0.717, 1.165) is 6.42 Å². The van der Waals surface area contributed by atoms with Gasteiger partial charge in [0.2, 0.25) is 0 Å². The second-order valence-corrected chi connectivity index (χ2v) is 2.23. The summed E-state index contributed by atoms with van der Waals surface area (Å²) in [6, 6.07) is 0.187. The highest BCUT2D eigenvalue weighted by molar-refractivity contribution is 5.04. The van der Waals surface area contributed by atoms with E-state index in [1.807, 2.05) is 12.2 Å². The van der Waals surface area contributed by atoms with Crippen molar-refractivity contribution >= 4 is 0 Å². The summed E-state index contributed by atoms with van der Waals surface area (Å²) in [5.74, 6) is 0.324. The number of hydrogen-bond acceptors (Lipinski definition) is 2.